The Balaban J connectivity index is 2.34. The number of rotatable bonds is 0. The zero-order valence-electron chi connectivity index (χ0n) is 8.07. The van der Waals surface area contributed by atoms with Gasteiger partial charge in [0.15, 0.2) is 0 Å². The maximum absolute atomic E-state index is 6.21. The molecule has 1 atom stereocenters. The molecule has 0 aliphatic heterocycles. The monoisotopic (exact) mass is 302 g/mol. The highest BCUT2D eigenvalue weighted by Gasteiger charge is 2.23. The van der Waals surface area contributed by atoms with Crippen molar-refractivity contribution in [1.82, 2.24) is 0 Å². The summed E-state index contributed by atoms with van der Waals surface area (Å²) in [6.07, 6.45) is 0. The lowest BCUT2D eigenvalue weighted by molar-refractivity contribution is 1.20. The van der Waals surface area contributed by atoms with Crippen molar-refractivity contribution in [2.24, 2.45) is 0 Å². The quantitative estimate of drug-likeness (QED) is 0.516. The summed E-state index contributed by atoms with van der Waals surface area (Å²) in [7, 11) is 6.21. The van der Waals surface area contributed by atoms with Crippen molar-refractivity contribution < 1.29 is 0 Å². The van der Waals surface area contributed by atoms with Gasteiger partial charge < -0.3 is 0 Å². The third-order valence-corrected chi connectivity index (χ3v) is 3.61. The van der Waals surface area contributed by atoms with Crippen molar-refractivity contribution in [1.29, 1.82) is 0 Å². The molecule has 0 bridgehead atoms. The van der Waals surface area contributed by atoms with E-state index in [1.807, 2.05) is 0 Å². The highest BCUT2D eigenvalue weighted by molar-refractivity contribution is 14.1. The minimum absolute atomic E-state index is 0.0493. The van der Waals surface area contributed by atoms with Crippen LogP contribution in [0.5, 0.6) is 0 Å². The summed E-state index contributed by atoms with van der Waals surface area (Å²) in [5.74, 6) is 0.0493. The summed E-state index contributed by atoms with van der Waals surface area (Å²) in [4.78, 5) is 0. The van der Waals surface area contributed by atoms with E-state index in [0.717, 1.165) is 0 Å². The van der Waals surface area contributed by atoms with Crippen molar-refractivity contribution in [2.45, 2.75) is 5.82 Å². The molecule has 1 aliphatic carbocycles. The van der Waals surface area contributed by atoms with Gasteiger partial charge in [-0.25, -0.2) is 0 Å². The highest BCUT2D eigenvalue weighted by Crippen LogP contribution is 2.43. The molecular weight excluding hydrogens is 294 g/mol. The fourth-order valence-electron chi connectivity index (χ4n) is 2.21. The molecular formula is C13H8BI. The molecule has 2 aromatic carbocycles. The number of fused-ring (bicyclic) bond motifs is 3. The number of hydrogen-bond donors (Lipinski definition) is 0. The largest absolute Gasteiger partial charge is 0.0828 e. The Bertz CT molecular complexity index is 534. The number of hydrogen-bond acceptors (Lipinski definition) is 0. The molecule has 0 amide bonds. The van der Waals surface area contributed by atoms with Crippen LogP contribution in [0.15, 0.2) is 42.5 Å². The van der Waals surface area contributed by atoms with Gasteiger partial charge >= 0.3 is 0 Å². The van der Waals surface area contributed by atoms with Crippen LogP contribution in [0.3, 0.4) is 0 Å². The lowest BCUT2D eigenvalue weighted by Gasteiger charge is -2.05. The number of benzene rings is 2. The predicted molar refractivity (Wildman–Crippen MR) is 72.2 cm³/mol. The second-order valence-electron chi connectivity index (χ2n) is 3.80. The van der Waals surface area contributed by atoms with Gasteiger partial charge in [-0.05, 0) is 62.8 Å². The minimum Gasteiger partial charge on any atom is -0.0620 e. The van der Waals surface area contributed by atoms with Crippen molar-refractivity contribution >= 4 is 30.4 Å². The van der Waals surface area contributed by atoms with Crippen LogP contribution < -0.4 is 0 Å². The standard InChI is InChI=1S/C13H8BI/c14-13-10-4-2-1-3-9(10)12-7-8(15)5-6-11(12)13/h1-7,13H. The summed E-state index contributed by atoms with van der Waals surface area (Å²) >= 11 is 2.34. The van der Waals surface area contributed by atoms with Crippen LogP contribution >= 0.6 is 22.6 Å². The van der Waals surface area contributed by atoms with E-state index in [-0.39, 0.29) is 5.82 Å². The van der Waals surface area contributed by atoms with E-state index in [2.05, 4.69) is 65.1 Å². The summed E-state index contributed by atoms with van der Waals surface area (Å²) in [6.45, 7) is 0. The molecule has 0 N–H and O–H groups in total. The van der Waals surface area contributed by atoms with Crippen molar-refractivity contribution in [3.63, 3.8) is 0 Å². The first-order chi connectivity index (χ1) is 7.27. The van der Waals surface area contributed by atoms with Crippen LogP contribution in [0.4, 0.5) is 0 Å². The number of halogens is 1. The van der Waals surface area contributed by atoms with Gasteiger partial charge in [0.05, 0.1) is 7.85 Å². The molecule has 2 heteroatoms. The normalized spacial score (nSPS) is 17.3. The predicted octanol–water partition coefficient (Wildman–Crippen LogP) is 3.53. The second-order valence-corrected chi connectivity index (χ2v) is 5.04. The maximum Gasteiger partial charge on any atom is 0.0828 e. The molecule has 3 rings (SSSR count). The van der Waals surface area contributed by atoms with Gasteiger partial charge in [-0.3, -0.25) is 0 Å². The van der Waals surface area contributed by atoms with Gasteiger partial charge in [-0.2, -0.15) is 0 Å². The molecule has 2 aromatic rings. The summed E-state index contributed by atoms with van der Waals surface area (Å²) in [5, 5.41) is 0. The average Bonchev–Trinajstić information content (AvgIpc) is 2.54. The zero-order chi connectivity index (χ0) is 10.4. The Kier molecular flexibility index (Phi) is 2.13. The first-order valence-corrected chi connectivity index (χ1v) is 5.99. The van der Waals surface area contributed by atoms with Gasteiger partial charge in [0, 0.05) is 3.57 Å². The first kappa shape index (κ1) is 9.46. The molecule has 70 valence electrons. The Hall–Kier alpha value is -0.765. The molecule has 0 fully saturated rings. The van der Waals surface area contributed by atoms with E-state index in [0.29, 0.717) is 0 Å². The van der Waals surface area contributed by atoms with E-state index in [9.17, 15) is 0 Å². The Morgan fingerprint density at radius 2 is 1.67 bits per heavy atom. The van der Waals surface area contributed by atoms with Gasteiger partial charge in [-0.15, -0.1) is 0 Å². The van der Waals surface area contributed by atoms with E-state index in [1.165, 1.54) is 25.8 Å². The lowest BCUT2D eigenvalue weighted by atomic mass is 9.79. The highest BCUT2D eigenvalue weighted by atomic mass is 127. The van der Waals surface area contributed by atoms with Gasteiger partial charge in [0.1, 0.15) is 0 Å². The molecule has 0 nitrogen and oxygen atoms in total. The van der Waals surface area contributed by atoms with E-state index < -0.39 is 0 Å². The lowest BCUT2D eigenvalue weighted by Crippen LogP contribution is -1.94. The minimum atomic E-state index is 0.0493. The third-order valence-electron chi connectivity index (χ3n) is 2.94. The van der Waals surface area contributed by atoms with Crippen LogP contribution in [0.25, 0.3) is 11.1 Å². The van der Waals surface area contributed by atoms with Crippen molar-refractivity contribution in [3.8, 4) is 11.1 Å². The summed E-state index contributed by atoms with van der Waals surface area (Å²) in [6, 6.07) is 14.9. The Morgan fingerprint density at radius 3 is 2.53 bits per heavy atom. The second kappa shape index (κ2) is 3.37. The van der Waals surface area contributed by atoms with Gasteiger partial charge in [0.2, 0.25) is 0 Å². The zero-order valence-corrected chi connectivity index (χ0v) is 10.2. The van der Waals surface area contributed by atoms with Gasteiger partial charge in [0.25, 0.3) is 0 Å². The molecule has 0 saturated carbocycles. The van der Waals surface area contributed by atoms with Crippen LogP contribution in [-0.4, -0.2) is 7.85 Å². The van der Waals surface area contributed by atoms with E-state index >= 15 is 0 Å². The topological polar surface area (TPSA) is 0 Å². The molecule has 1 aliphatic rings. The third kappa shape index (κ3) is 1.35. The van der Waals surface area contributed by atoms with Crippen LogP contribution in [-0.2, 0) is 0 Å². The van der Waals surface area contributed by atoms with E-state index in [4.69, 9.17) is 7.85 Å². The Morgan fingerprint density at radius 1 is 0.933 bits per heavy atom. The molecule has 1 unspecified atom stereocenters. The molecule has 0 spiro atoms. The molecule has 0 heterocycles. The fraction of sp³-hybridized carbons (Fsp3) is 0.0769. The van der Waals surface area contributed by atoms with Crippen LogP contribution in [0, 0.1) is 3.57 Å². The van der Waals surface area contributed by atoms with E-state index in [1.54, 1.807) is 0 Å². The smallest absolute Gasteiger partial charge is 0.0620 e. The Labute approximate surface area is 104 Å². The van der Waals surface area contributed by atoms with Crippen LogP contribution in [0.1, 0.15) is 16.9 Å². The summed E-state index contributed by atoms with van der Waals surface area (Å²) in [5.41, 5.74) is 5.08. The SMILES string of the molecule is [B]C1c2ccccc2-c2cc(I)ccc21. The molecule has 0 aromatic heterocycles. The van der Waals surface area contributed by atoms with Crippen LogP contribution in [0.2, 0.25) is 0 Å². The average molecular weight is 302 g/mol. The van der Waals surface area contributed by atoms with Gasteiger partial charge in [-0.1, -0.05) is 30.3 Å². The summed E-state index contributed by atoms with van der Waals surface area (Å²) < 4.78 is 1.26. The molecule has 0 saturated heterocycles. The first-order valence-electron chi connectivity index (χ1n) is 4.92. The van der Waals surface area contributed by atoms with Crippen molar-refractivity contribution in [3.05, 3.63) is 57.2 Å². The molecule has 2 radical (unpaired) electrons. The fourth-order valence-corrected chi connectivity index (χ4v) is 2.71. The van der Waals surface area contributed by atoms with Crippen molar-refractivity contribution in [2.75, 3.05) is 0 Å². The maximum atomic E-state index is 6.21. The molecule has 15 heavy (non-hydrogen) atoms.